The minimum absolute atomic E-state index is 0.133. The molecule has 3 aromatic rings. The molecule has 0 fully saturated rings. The number of amides is 1. The number of benzene rings is 1. The zero-order chi connectivity index (χ0) is 17.6. The average Bonchev–Trinajstić information content (AvgIpc) is 3.20. The molecule has 0 saturated heterocycles. The van der Waals surface area contributed by atoms with Crippen molar-refractivity contribution in [2.24, 2.45) is 0 Å². The summed E-state index contributed by atoms with van der Waals surface area (Å²) in [5, 5.41) is 21.8. The Morgan fingerprint density at radius 1 is 1.32 bits per heavy atom. The molecule has 0 aliphatic rings. The number of carbonyl (C=O) groups is 1. The first-order valence-corrected chi connectivity index (χ1v) is 9.38. The van der Waals surface area contributed by atoms with Crippen LogP contribution in [-0.4, -0.2) is 36.5 Å². The minimum Gasteiger partial charge on any atom is -0.390 e. The van der Waals surface area contributed by atoms with E-state index in [1.54, 1.807) is 6.20 Å². The zero-order valence-corrected chi connectivity index (χ0v) is 15.2. The van der Waals surface area contributed by atoms with E-state index in [9.17, 15) is 9.90 Å². The van der Waals surface area contributed by atoms with Gasteiger partial charge in [0.05, 0.1) is 18.1 Å². The Kier molecular flexibility index (Phi) is 5.79. The van der Waals surface area contributed by atoms with Gasteiger partial charge in [-0.1, -0.05) is 53.4 Å². The third-order valence-electron chi connectivity index (χ3n) is 3.25. The molecule has 0 aliphatic carbocycles. The Bertz CT molecular complexity index is 847. The molecule has 9 heteroatoms. The van der Waals surface area contributed by atoms with Gasteiger partial charge in [-0.05, 0) is 12.5 Å². The fourth-order valence-corrected chi connectivity index (χ4v) is 3.57. The van der Waals surface area contributed by atoms with Gasteiger partial charge in [0, 0.05) is 12.7 Å². The van der Waals surface area contributed by atoms with Crippen LogP contribution in [0.1, 0.15) is 16.3 Å². The van der Waals surface area contributed by atoms with E-state index in [-0.39, 0.29) is 18.3 Å². The van der Waals surface area contributed by atoms with Crippen molar-refractivity contribution in [3.05, 3.63) is 52.8 Å². The van der Waals surface area contributed by atoms with E-state index in [2.05, 4.69) is 20.5 Å². The molecule has 0 unspecified atom stereocenters. The van der Waals surface area contributed by atoms with E-state index >= 15 is 0 Å². The van der Waals surface area contributed by atoms with Gasteiger partial charge in [0.25, 0.3) is 0 Å². The number of hydrogen-bond donors (Lipinski definition) is 2. The number of nitrogens with one attached hydrogen (secondary N) is 1. The van der Waals surface area contributed by atoms with Crippen LogP contribution in [0.2, 0.25) is 0 Å². The first-order valence-electron chi connectivity index (χ1n) is 7.57. The number of aliphatic hydroxyl groups is 1. The molecule has 0 bridgehead atoms. The molecule has 25 heavy (non-hydrogen) atoms. The van der Waals surface area contributed by atoms with Crippen molar-refractivity contribution in [1.29, 1.82) is 0 Å². The van der Waals surface area contributed by atoms with Gasteiger partial charge in [0.1, 0.15) is 5.01 Å². The summed E-state index contributed by atoms with van der Waals surface area (Å²) in [5.41, 5.74) is 1.71. The normalized spacial score (nSPS) is 10.8. The van der Waals surface area contributed by atoms with Gasteiger partial charge in [-0.2, -0.15) is 0 Å². The van der Waals surface area contributed by atoms with E-state index in [0.29, 0.717) is 22.5 Å². The van der Waals surface area contributed by atoms with E-state index in [1.807, 2.05) is 41.8 Å². The van der Waals surface area contributed by atoms with Crippen LogP contribution in [0.3, 0.4) is 0 Å². The Balaban J connectivity index is 1.64. The van der Waals surface area contributed by atoms with E-state index in [1.165, 1.54) is 23.1 Å². The van der Waals surface area contributed by atoms with Crippen LogP contribution in [0.4, 0.5) is 5.13 Å². The van der Waals surface area contributed by atoms with Gasteiger partial charge in [0.2, 0.25) is 11.0 Å². The third kappa shape index (κ3) is 4.88. The second-order valence-electron chi connectivity index (χ2n) is 5.25. The highest BCUT2D eigenvalue weighted by molar-refractivity contribution is 7.99. The fraction of sp³-hybridized carbons (Fsp3) is 0.250. The number of carbonyl (C=O) groups excluding carboxylic acids is 1. The van der Waals surface area contributed by atoms with Gasteiger partial charge < -0.3 is 9.67 Å². The molecule has 1 aromatic carbocycles. The summed E-state index contributed by atoms with van der Waals surface area (Å²) >= 11 is 2.65. The Morgan fingerprint density at radius 3 is 2.80 bits per heavy atom. The van der Waals surface area contributed by atoms with Crippen molar-refractivity contribution in [2.45, 2.75) is 25.2 Å². The van der Waals surface area contributed by atoms with Crippen LogP contribution in [-0.2, 0) is 17.9 Å². The number of hydrogen-bond acceptors (Lipinski definition) is 7. The molecule has 1 amide bonds. The SMILES string of the molecule is Cc1nnc(NC(=O)CSc2nc(CO)cn2Cc2ccccc2)s1. The van der Waals surface area contributed by atoms with Crippen molar-refractivity contribution in [3.63, 3.8) is 0 Å². The zero-order valence-electron chi connectivity index (χ0n) is 13.5. The summed E-state index contributed by atoms with van der Waals surface area (Å²) < 4.78 is 1.94. The fourth-order valence-electron chi connectivity index (χ4n) is 2.17. The van der Waals surface area contributed by atoms with E-state index < -0.39 is 0 Å². The smallest absolute Gasteiger partial charge is 0.236 e. The van der Waals surface area contributed by atoms with Crippen LogP contribution in [0.25, 0.3) is 0 Å². The number of aryl methyl sites for hydroxylation is 1. The van der Waals surface area contributed by atoms with Gasteiger partial charge in [-0.25, -0.2) is 4.98 Å². The lowest BCUT2D eigenvalue weighted by Crippen LogP contribution is -2.14. The number of aromatic nitrogens is 4. The van der Waals surface area contributed by atoms with Crippen molar-refractivity contribution < 1.29 is 9.90 Å². The average molecular weight is 375 g/mol. The van der Waals surface area contributed by atoms with E-state index in [0.717, 1.165) is 10.6 Å². The number of imidazole rings is 1. The van der Waals surface area contributed by atoms with E-state index in [4.69, 9.17) is 0 Å². The Labute approximate surface area is 153 Å². The topological polar surface area (TPSA) is 92.9 Å². The van der Waals surface area contributed by atoms with Gasteiger partial charge in [-0.15, -0.1) is 10.2 Å². The molecule has 2 aromatic heterocycles. The summed E-state index contributed by atoms with van der Waals surface area (Å²) in [6.45, 7) is 2.33. The highest BCUT2D eigenvalue weighted by Crippen LogP contribution is 2.20. The summed E-state index contributed by atoms with van der Waals surface area (Å²) in [5.74, 6) is 0.0379. The van der Waals surface area contributed by atoms with Crippen LogP contribution < -0.4 is 5.32 Å². The predicted molar refractivity (Wildman–Crippen MR) is 97.7 cm³/mol. The summed E-state index contributed by atoms with van der Waals surface area (Å²) in [6, 6.07) is 9.97. The molecular weight excluding hydrogens is 358 g/mol. The maximum atomic E-state index is 12.1. The summed E-state index contributed by atoms with van der Waals surface area (Å²) in [4.78, 5) is 16.4. The monoisotopic (exact) mass is 375 g/mol. The maximum absolute atomic E-state index is 12.1. The van der Waals surface area contributed by atoms with Gasteiger partial charge in [-0.3, -0.25) is 10.1 Å². The number of nitrogens with zero attached hydrogens (tertiary/aromatic N) is 4. The molecule has 0 spiro atoms. The molecule has 0 atom stereocenters. The Morgan fingerprint density at radius 2 is 2.12 bits per heavy atom. The van der Waals surface area contributed by atoms with Gasteiger partial charge >= 0.3 is 0 Å². The van der Waals surface area contributed by atoms with Gasteiger partial charge in [0.15, 0.2) is 5.16 Å². The number of rotatable bonds is 7. The second kappa shape index (κ2) is 8.24. The summed E-state index contributed by atoms with van der Waals surface area (Å²) in [6.07, 6.45) is 1.81. The molecule has 7 nitrogen and oxygen atoms in total. The number of anilines is 1. The lowest BCUT2D eigenvalue weighted by molar-refractivity contribution is -0.113. The maximum Gasteiger partial charge on any atom is 0.236 e. The Hall–Kier alpha value is -2.23. The quantitative estimate of drug-likeness (QED) is 0.616. The molecule has 0 aliphatic heterocycles. The summed E-state index contributed by atoms with van der Waals surface area (Å²) in [7, 11) is 0. The third-order valence-corrected chi connectivity index (χ3v) is 5.00. The van der Waals surface area contributed by atoms with Crippen LogP contribution >= 0.6 is 23.1 Å². The molecule has 2 N–H and O–H groups in total. The minimum atomic E-state index is -0.166. The molecule has 3 rings (SSSR count). The highest BCUT2D eigenvalue weighted by atomic mass is 32.2. The van der Waals surface area contributed by atoms with Crippen molar-refractivity contribution in [2.75, 3.05) is 11.1 Å². The largest absolute Gasteiger partial charge is 0.390 e. The van der Waals surface area contributed by atoms with Crippen LogP contribution in [0.5, 0.6) is 0 Å². The molecule has 130 valence electrons. The first-order chi connectivity index (χ1) is 12.1. The van der Waals surface area contributed by atoms with Crippen LogP contribution in [0.15, 0.2) is 41.7 Å². The van der Waals surface area contributed by atoms with Crippen molar-refractivity contribution in [1.82, 2.24) is 19.7 Å². The second-order valence-corrected chi connectivity index (χ2v) is 7.37. The molecule has 0 radical (unpaired) electrons. The lowest BCUT2D eigenvalue weighted by Gasteiger charge is -2.07. The predicted octanol–water partition coefficient (Wildman–Crippen LogP) is 2.31. The van der Waals surface area contributed by atoms with Crippen molar-refractivity contribution in [3.8, 4) is 0 Å². The lowest BCUT2D eigenvalue weighted by atomic mass is 10.2. The van der Waals surface area contributed by atoms with Crippen molar-refractivity contribution >= 4 is 34.1 Å². The number of aliphatic hydroxyl groups excluding tert-OH is 1. The number of thioether (sulfide) groups is 1. The van der Waals surface area contributed by atoms with Crippen LogP contribution in [0, 0.1) is 6.92 Å². The molecular formula is C16H17N5O2S2. The first kappa shape index (κ1) is 17.6. The highest BCUT2D eigenvalue weighted by Gasteiger charge is 2.12. The molecule has 0 saturated carbocycles. The molecule has 2 heterocycles. The standard InChI is InChI=1S/C16H17N5O2S2/c1-11-19-20-15(25-11)18-14(23)10-24-16-17-13(9-22)8-21(16)7-12-5-3-2-4-6-12/h2-6,8,22H,7,9-10H2,1H3,(H,18,20,23).